The van der Waals surface area contributed by atoms with Crippen LogP contribution in [0.1, 0.15) is 29.3 Å². The third kappa shape index (κ3) is 3.66. The summed E-state index contributed by atoms with van der Waals surface area (Å²) in [5.74, 6) is 1.40. The molecular weight excluding hydrogens is 376 g/mol. The zero-order valence-corrected chi connectivity index (χ0v) is 17.1. The number of hydrogen-bond donors (Lipinski definition) is 0. The lowest BCUT2D eigenvalue weighted by atomic mass is 10.1. The van der Waals surface area contributed by atoms with E-state index in [1.807, 2.05) is 28.6 Å². The van der Waals surface area contributed by atoms with Crippen LogP contribution < -0.4 is 0 Å². The molecular formula is C20H22N4OS2. The Morgan fingerprint density at radius 2 is 2.11 bits per heavy atom. The van der Waals surface area contributed by atoms with Crippen molar-refractivity contribution in [1.29, 1.82) is 0 Å². The van der Waals surface area contributed by atoms with Crippen molar-refractivity contribution in [2.24, 2.45) is 7.05 Å². The summed E-state index contributed by atoms with van der Waals surface area (Å²) in [5, 5.41) is 11.5. The number of thioether (sulfide) groups is 1. The minimum Gasteiger partial charge on any atom is -0.334 e. The van der Waals surface area contributed by atoms with Gasteiger partial charge in [0, 0.05) is 24.0 Å². The van der Waals surface area contributed by atoms with Crippen LogP contribution in [0.15, 0.2) is 46.9 Å². The van der Waals surface area contributed by atoms with E-state index < -0.39 is 0 Å². The van der Waals surface area contributed by atoms with Gasteiger partial charge in [-0.3, -0.25) is 4.79 Å². The zero-order chi connectivity index (χ0) is 18.8. The second-order valence-electron chi connectivity index (χ2n) is 6.73. The number of thiophene rings is 1. The molecule has 0 saturated carbocycles. The van der Waals surface area contributed by atoms with Gasteiger partial charge in [-0.05, 0) is 36.8 Å². The van der Waals surface area contributed by atoms with Crippen molar-refractivity contribution >= 4 is 29.0 Å². The van der Waals surface area contributed by atoms with Crippen molar-refractivity contribution in [1.82, 2.24) is 19.7 Å². The third-order valence-electron chi connectivity index (χ3n) is 4.99. The molecule has 1 fully saturated rings. The monoisotopic (exact) mass is 398 g/mol. The van der Waals surface area contributed by atoms with Crippen molar-refractivity contribution in [2.75, 3.05) is 12.3 Å². The molecule has 3 heterocycles. The van der Waals surface area contributed by atoms with Gasteiger partial charge in [0.25, 0.3) is 0 Å². The summed E-state index contributed by atoms with van der Waals surface area (Å²) < 4.78 is 1.97. The first-order valence-electron chi connectivity index (χ1n) is 9.06. The highest BCUT2D eigenvalue weighted by atomic mass is 32.2. The fraction of sp³-hybridized carbons (Fsp3) is 0.350. The molecule has 4 rings (SSSR count). The van der Waals surface area contributed by atoms with E-state index in [2.05, 4.69) is 46.8 Å². The first-order chi connectivity index (χ1) is 13.1. The number of benzene rings is 1. The summed E-state index contributed by atoms with van der Waals surface area (Å²) in [6.45, 7) is 2.91. The molecule has 1 unspecified atom stereocenters. The SMILES string of the molecule is Cc1ccccc1-c1nnc(SCC(=O)N2CCCC2c2cccs2)n1C. The predicted molar refractivity (Wildman–Crippen MR) is 110 cm³/mol. The Kier molecular flexibility index (Phi) is 5.31. The molecule has 1 aromatic carbocycles. The van der Waals surface area contributed by atoms with Crippen molar-refractivity contribution in [2.45, 2.75) is 31.0 Å². The highest BCUT2D eigenvalue weighted by Crippen LogP contribution is 2.35. The largest absolute Gasteiger partial charge is 0.334 e. The van der Waals surface area contributed by atoms with Gasteiger partial charge < -0.3 is 9.47 Å². The molecule has 1 aliphatic rings. The quantitative estimate of drug-likeness (QED) is 0.601. The molecule has 1 aliphatic heterocycles. The van der Waals surface area contributed by atoms with E-state index in [1.165, 1.54) is 16.6 Å². The summed E-state index contributed by atoms with van der Waals surface area (Å²) in [7, 11) is 1.96. The highest BCUT2D eigenvalue weighted by Gasteiger charge is 2.30. The van der Waals surface area contributed by atoms with Gasteiger partial charge in [-0.2, -0.15) is 0 Å². The molecule has 0 bridgehead atoms. The molecule has 0 radical (unpaired) electrons. The van der Waals surface area contributed by atoms with E-state index in [-0.39, 0.29) is 11.9 Å². The molecule has 2 aromatic heterocycles. The number of amides is 1. The number of aromatic nitrogens is 3. The Bertz CT molecular complexity index is 935. The molecule has 0 spiro atoms. The number of carbonyl (C=O) groups excluding carboxylic acids is 1. The number of carbonyl (C=O) groups is 1. The summed E-state index contributed by atoms with van der Waals surface area (Å²) in [4.78, 5) is 16.1. The Hall–Kier alpha value is -2.12. The van der Waals surface area contributed by atoms with Crippen LogP contribution in [0.4, 0.5) is 0 Å². The topological polar surface area (TPSA) is 51.0 Å². The predicted octanol–water partition coefficient (Wildman–Crippen LogP) is 4.31. The Balaban J connectivity index is 1.45. The number of rotatable bonds is 5. The zero-order valence-electron chi connectivity index (χ0n) is 15.5. The van der Waals surface area contributed by atoms with Crippen LogP contribution in [-0.2, 0) is 11.8 Å². The second-order valence-corrected chi connectivity index (χ2v) is 8.65. The maximum atomic E-state index is 12.8. The van der Waals surface area contributed by atoms with Crippen LogP contribution in [-0.4, -0.2) is 37.9 Å². The van der Waals surface area contributed by atoms with Gasteiger partial charge in [0.15, 0.2) is 11.0 Å². The molecule has 0 aliphatic carbocycles. The molecule has 7 heteroatoms. The van der Waals surface area contributed by atoms with Crippen molar-refractivity contribution < 1.29 is 4.79 Å². The Morgan fingerprint density at radius 3 is 2.89 bits per heavy atom. The first-order valence-corrected chi connectivity index (χ1v) is 10.9. The third-order valence-corrected chi connectivity index (χ3v) is 6.97. The van der Waals surface area contributed by atoms with Gasteiger partial charge in [0.2, 0.25) is 5.91 Å². The van der Waals surface area contributed by atoms with E-state index >= 15 is 0 Å². The smallest absolute Gasteiger partial charge is 0.233 e. The van der Waals surface area contributed by atoms with E-state index in [0.717, 1.165) is 41.5 Å². The van der Waals surface area contributed by atoms with Crippen molar-refractivity contribution in [3.05, 3.63) is 52.2 Å². The average molecular weight is 399 g/mol. The molecule has 1 atom stereocenters. The molecule has 3 aromatic rings. The molecule has 140 valence electrons. The molecule has 27 heavy (non-hydrogen) atoms. The highest BCUT2D eigenvalue weighted by molar-refractivity contribution is 7.99. The van der Waals surface area contributed by atoms with Gasteiger partial charge in [0.05, 0.1) is 11.8 Å². The molecule has 1 amide bonds. The molecule has 0 N–H and O–H groups in total. The van der Waals surface area contributed by atoms with Gasteiger partial charge in [-0.25, -0.2) is 0 Å². The van der Waals surface area contributed by atoms with E-state index in [0.29, 0.717) is 5.75 Å². The summed E-state index contributed by atoms with van der Waals surface area (Å²) >= 11 is 3.20. The first kappa shape index (κ1) is 18.3. The van der Waals surface area contributed by atoms with Crippen LogP contribution in [0.3, 0.4) is 0 Å². The van der Waals surface area contributed by atoms with E-state index in [4.69, 9.17) is 0 Å². The van der Waals surface area contributed by atoms with E-state index in [1.54, 1.807) is 11.3 Å². The average Bonchev–Trinajstić information content (AvgIpc) is 3.41. The number of aryl methyl sites for hydroxylation is 1. The standard InChI is InChI=1S/C20H22N4OS2/c1-14-7-3-4-8-15(14)19-21-22-20(23(19)2)27-13-18(25)24-11-5-9-16(24)17-10-6-12-26-17/h3-4,6-8,10,12,16H,5,9,11,13H2,1-2H3. The fourth-order valence-corrected chi connectivity index (χ4v) is 5.22. The van der Waals surface area contributed by atoms with Crippen LogP contribution in [0, 0.1) is 6.92 Å². The normalized spacial score (nSPS) is 16.8. The minimum absolute atomic E-state index is 0.177. The fourth-order valence-electron chi connectivity index (χ4n) is 3.55. The van der Waals surface area contributed by atoms with Gasteiger partial charge in [-0.1, -0.05) is 42.1 Å². The maximum absolute atomic E-state index is 12.8. The Labute approximate surface area is 167 Å². The van der Waals surface area contributed by atoms with E-state index in [9.17, 15) is 4.79 Å². The van der Waals surface area contributed by atoms with Crippen LogP contribution >= 0.6 is 23.1 Å². The minimum atomic E-state index is 0.177. The van der Waals surface area contributed by atoms with Crippen LogP contribution in [0.2, 0.25) is 0 Å². The van der Waals surface area contributed by atoms with Crippen molar-refractivity contribution in [3.63, 3.8) is 0 Å². The summed E-state index contributed by atoms with van der Waals surface area (Å²) in [6.07, 6.45) is 2.12. The lowest BCUT2D eigenvalue weighted by Gasteiger charge is -2.23. The lowest BCUT2D eigenvalue weighted by Crippen LogP contribution is -2.31. The van der Waals surface area contributed by atoms with Crippen LogP contribution in [0.25, 0.3) is 11.4 Å². The Morgan fingerprint density at radius 1 is 1.26 bits per heavy atom. The number of likely N-dealkylation sites (tertiary alicyclic amines) is 1. The van der Waals surface area contributed by atoms with Gasteiger partial charge in [-0.15, -0.1) is 21.5 Å². The number of hydrogen-bond acceptors (Lipinski definition) is 5. The number of nitrogens with zero attached hydrogens (tertiary/aromatic N) is 4. The second kappa shape index (κ2) is 7.86. The van der Waals surface area contributed by atoms with Gasteiger partial charge >= 0.3 is 0 Å². The molecule has 5 nitrogen and oxygen atoms in total. The summed E-state index contributed by atoms with van der Waals surface area (Å²) in [6, 6.07) is 12.6. The lowest BCUT2D eigenvalue weighted by molar-refractivity contribution is -0.129. The van der Waals surface area contributed by atoms with Crippen molar-refractivity contribution in [3.8, 4) is 11.4 Å². The van der Waals surface area contributed by atoms with Gasteiger partial charge in [0.1, 0.15) is 0 Å². The summed E-state index contributed by atoms with van der Waals surface area (Å²) in [5.41, 5.74) is 2.24. The molecule has 1 saturated heterocycles. The maximum Gasteiger partial charge on any atom is 0.233 e. The van der Waals surface area contributed by atoms with Crippen LogP contribution in [0.5, 0.6) is 0 Å².